The molecule has 0 bridgehead atoms. The van der Waals surface area contributed by atoms with E-state index in [1.807, 2.05) is 23.1 Å². The fourth-order valence-corrected chi connectivity index (χ4v) is 3.01. The summed E-state index contributed by atoms with van der Waals surface area (Å²) in [6.45, 7) is 4.08. The van der Waals surface area contributed by atoms with Gasteiger partial charge in [-0.3, -0.25) is 4.79 Å². The summed E-state index contributed by atoms with van der Waals surface area (Å²) in [6, 6.07) is 10.9. The Hall–Kier alpha value is -1.49. The number of rotatable bonds is 3. The van der Waals surface area contributed by atoms with Gasteiger partial charge in [-0.15, -0.1) is 12.4 Å². The number of benzene rings is 1. The van der Waals surface area contributed by atoms with Gasteiger partial charge in [-0.2, -0.15) is 0 Å². The molecule has 1 aliphatic rings. The standard InChI is InChI=1S/C17H19ClN2O2.ClH/c1-17(10-19)8-9-20(11-17)16(21)15-7-6-14(22-15)12-4-2-3-5-13(12)18;/h2-7H,8-11,19H2,1H3;1H. The first-order valence-electron chi connectivity index (χ1n) is 7.36. The van der Waals surface area contributed by atoms with E-state index in [0.717, 1.165) is 12.0 Å². The second-order valence-electron chi connectivity index (χ2n) is 6.14. The van der Waals surface area contributed by atoms with Crippen molar-refractivity contribution in [3.8, 4) is 11.3 Å². The molecule has 124 valence electrons. The minimum Gasteiger partial charge on any atom is -0.451 e. The van der Waals surface area contributed by atoms with Crippen LogP contribution in [0, 0.1) is 5.41 Å². The van der Waals surface area contributed by atoms with Crippen molar-refractivity contribution in [2.45, 2.75) is 13.3 Å². The molecule has 2 heterocycles. The van der Waals surface area contributed by atoms with Gasteiger partial charge in [0.1, 0.15) is 5.76 Å². The summed E-state index contributed by atoms with van der Waals surface area (Å²) in [5.41, 5.74) is 6.59. The zero-order chi connectivity index (χ0) is 15.7. The third-order valence-electron chi connectivity index (χ3n) is 4.29. The largest absolute Gasteiger partial charge is 0.451 e. The highest BCUT2D eigenvalue weighted by Crippen LogP contribution is 2.32. The molecule has 1 amide bonds. The molecule has 4 nitrogen and oxygen atoms in total. The maximum absolute atomic E-state index is 12.5. The fourth-order valence-electron chi connectivity index (χ4n) is 2.78. The lowest BCUT2D eigenvalue weighted by molar-refractivity contribution is 0.0746. The van der Waals surface area contributed by atoms with Crippen LogP contribution in [0.15, 0.2) is 40.8 Å². The molecule has 3 rings (SSSR count). The van der Waals surface area contributed by atoms with Crippen LogP contribution in [-0.2, 0) is 0 Å². The average molecular weight is 355 g/mol. The molecule has 1 aromatic carbocycles. The van der Waals surface area contributed by atoms with E-state index < -0.39 is 0 Å². The quantitative estimate of drug-likeness (QED) is 0.910. The average Bonchev–Trinajstić information content (AvgIpc) is 3.15. The predicted molar refractivity (Wildman–Crippen MR) is 94.1 cm³/mol. The SMILES string of the molecule is CC1(CN)CCN(C(=O)c2ccc(-c3ccccc3Cl)o2)C1.Cl. The number of nitrogens with two attached hydrogens (primary N) is 1. The number of nitrogens with zero attached hydrogens (tertiary/aromatic N) is 1. The Labute approximate surface area is 147 Å². The number of carbonyl (C=O) groups excluding carboxylic acids is 1. The first-order valence-corrected chi connectivity index (χ1v) is 7.74. The van der Waals surface area contributed by atoms with Crippen molar-refractivity contribution >= 4 is 29.9 Å². The van der Waals surface area contributed by atoms with Crippen molar-refractivity contribution in [2.75, 3.05) is 19.6 Å². The second-order valence-corrected chi connectivity index (χ2v) is 6.54. The van der Waals surface area contributed by atoms with Gasteiger partial charge in [-0.05, 0) is 42.6 Å². The first kappa shape index (κ1) is 17.9. The van der Waals surface area contributed by atoms with Crippen molar-refractivity contribution in [1.82, 2.24) is 4.90 Å². The molecule has 0 aliphatic carbocycles. The number of hydrogen-bond acceptors (Lipinski definition) is 3. The molecule has 0 saturated carbocycles. The molecule has 2 N–H and O–H groups in total. The van der Waals surface area contributed by atoms with E-state index in [-0.39, 0.29) is 23.7 Å². The number of amides is 1. The molecule has 0 radical (unpaired) electrons. The lowest BCUT2D eigenvalue weighted by atomic mass is 9.90. The van der Waals surface area contributed by atoms with E-state index in [1.165, 1.54) is 0 Å². The summed E-state index contributed by atoms with van der Waals surface area (Å²) in [4.78, 5) is 14.3. The van der Waals surface area contributed by atoms with Crippen LogP contribution in [-0.4, -0.2) is 30.4 Å². The number of carbonyl (C=O) groups is 1. The minimum absolute atomic E-state index is 0. The summed E-state index contributed by atoms with van der Waals surface area (Å²) in [6.07, 6.45) is 0.924. The van der Waals surface area contributed by atoms with Gasteiger partial charge in [0.05, 0.1) is 5.02 Å². The van der Waals surface area contributed by atoms with Gasteiger partial charge in [0.2, 0.25) is 0 Å². The van der Waals surface area contributed by atoms with Gasteiger partial charge >= 0.3 is 0 Å². The van der Waals surface area contributed by atoms with Crippen LogP contribution in [0.4, 0.5) is 0 Å². The van der Waals surface area contributed by atoms with Crippen LogP contribution in [0.1, 0.15) is 23.9 Å². The highest BCUT2D eigenvalue weighted by Gasteiger charge is 2.36. The van der Waals surface area contributed by atoms with E-state index in [1.54, 1.807) is 18.2 Å². The molecule has 6 heteroatoms. The molecule has 23 heavy (non-hydrogen) atoms. The Bertz CT molecular complexity index is 701. The molecule has 0 spiro atoms. The Balaban J connectivity index is 0.00000192. The topological polar surface area (TPSA) is 59.5 Å². The zero-order valence-corrected chi connectivity index (χ0v) is 14.5. The molecule has 2 aromatic rings. The van der Waals surface area contributed by atoms with Gasteiger partial charge in [0.25, 0.3) is 5.91 Å². The Kier molecular flexibility index (Phi) is 5.40. The van der Waals surface area contributed by atoms with Crippen LogP contribution in [0.5, 0.6) is 0 Å². The van der Waals surface area contributed by atoms with Crippen molar-refractivity contribution in [3.05, 3.63) is 47.2 Å². The van der Waals surface area contributed by atoms with Gasteiger partial charge in [-0.25, -0.2) is 0 Å². The van der Waals surface area contributed by atoms with Crippen molar-refractivity contribution < 1.29 is 9.21 Å². The van der Waals surface area contributed by atoms with E-state index in [0.29, 0.717) is 36.2 Å². The molecule has 1 fully saturated rings. The lowest BCUT2D eigenvalue weighted by Crippen LogP contribution is -2.34. The summed E-state index contributed by atoms with van der Waals surface area (Å²) in [7, 11) is 0. The molecular formula is C17H20Cl2N2O2. The molecule has 1 unspecified atom stereocenters. The highest BCUT2D eigenvalue weighted by atomic mass is 35.5. The van der Waals surface area contributed by atoms with Crippen LogP contribution in [0.25, 0.3) is 11.3 Å². The van der Waals surface area contributed by atoms with E-state index >= 15 is 0 Å². The predicted octanol–water partition coefficient (Wildman–Crippen LogP) is 3.83. The van der Waals surface area contributed by atoms with Crippen molar-refractivity contribution in [2.24, 2.45) is 11.1 Å². The van der Waals surface area contributed by atoms with Gasteiger partial charge < -0.3 is 15.1 Å². The van der Waals surface area contributed by atoms with Gasteiger partial charge in [0.15, 0.2) is 5.76 Å². The summed E-state index contributed by atoms with van der Waals surface area (Å²) in [5, 5.41) is 0.604. The zero-order valence-electron chi connectivity index (χ0n) is 12.9. The minimum atomic E-state index is -0.0875. The third kappa shape index (κ3) is 3.55. The highest BCUT2D eigenvalue weighted by molar-refractivity contribution is 6.33. The maximum Gasteiger partial charge on any atom is 0.289 e. The summed E-state index contributed by atoms with van der Waals surface area (Å²) < 4.78 is 5.72. The van der Waals surface area contributed by atoms with Crippen molar-refractivity contribution in [3.63, 3.8) is 0 Å². The maximum atomic E-state index is 12.5. The number of likely N-dealkylation sites (tertiary alicyclic amines) is 1. The summed E-state index contributed by atoms with van der Waals surface area (Å²) >= 11 is 6.16. The molecule has 1 atom stereocenters. The van der Waals surface area contributed by atoms with Gasteiger partial charge in [-0.1, -0.05) is 30.7 Å². The molecule has 1 saturated heterocycles. The fraction of sp³-hybridized carbons (Fsp3) is 0.353. The van der Waals surface area contributed by atoms with Gasteiger partial charge in [0, 0.05) is 18.7 Å². The Morgan fingerprint density at radius 3 is 2.74 bits per heavy atom. The van der Waals surface area contributed by atoms with Crippen LogP contribution in [0.2, 0.25) is 5.02 Å². The lowest BCUT2D eigenvalue weighted by Gasteiger charge is -2.21. The second kappa shape index (κ2) is 6.95. The smallest absolute Gasteiger partial charge is 0.289 e. The van der Waals surface area contributed by atoms with E-state index in [4.69, 9.17) is 21.8 Å². The number of halogens is 2. The number of hydrogen-bond donors (Lipinski definition) is 1. The van der Waals surface area contributed by atoms with Crippen LogP contribution >= 0.6 is 24.0 Å². The van der Waals surface area contributed by atoms with Crippen molar-refractivity contribution in [1.29, 1.82) is 0 Å². The summed E-state index contributed by atoms with van der Waals surface area (Å²) in [5.74, 6) is 0.862. The molecule has 1 aromatic heterocycles. The van der Waals surface area contributed by atoms with E-state index in [9.17, 15) is 4.79 Å². The van der Waals surface area contributed by atoms with Crippen LogP contribution in [0.3, 0.4) is 0 Å². The number of furan rings is 1. The molecule has 1 aliphatic heterocycles. The van der Waals surface area contributed by atoms with E-state index in [2.05, 4.69) is 6.92 Å². The third-order valence-corrected chi connectivity index (χ3v) is 4.62. The van der Waals surface area contributed by atoms with Crippen LogP contribution < -0.4 is 5.73 Å². The first-order chi connectivity index (χ1) is 10.5. The normalized spacial score (nSPS) is 20.4. The monoisotopic (exact) mass is 354 g/mol. The molecular weight excluding hydrogens is 335 g/mol. The Morgan fingerprint density at radius 2 is 2.09 bits per heavy atom. The Morgan fingerprint density at radius 1 is 1.35 bits per heavy atom.